The Bertz CT molecular complexity index is 924. The van der Waals surface area contributed by atoms with Gasteiger partial charge in [0.25, 0.3) is 5.91 Å². The molecule has 126 valence electrons. The van der Waals surface area contributed by atoms with Gasteiger partial charge in [-0.05, 0) is 13.0 Å². The third-order valence-corrected chi connectivity index (χ3v) is 4.69. The van der Waals surface area contributed by atoms with Crippen LogP contribution in [0.2, 0.25) is 5.02 Å². The van der Waals surface area contributed by atoms with Crippen molar-refractivity contribution in [2.24, 2.45) is 0 Å². The summed E-state index contributed by atoms with van der Waals surface area (Å²) < 4.78 is 1.88. The molecule has 0 unspecified atom stereocenters. The molecule has 6 nitrogen and oxygen atoms in total. The van der Waals surface area contributed by atoms with Crippen molar-refractivity contribution < 1.29 is 4.79 Å². The number of aromatic nitrogens is 4. The van der Waals surface area contributed by atoms with Crippen molar-refractivity contribution in [3.05, 3.63) is 65.2 Å². The van der Waals surface area contributed by atoms with Crippen LogP contribution in [0, 0.1) is 0 Å². The molecule has 4 rings (SSSR count). The van der Waals surface area contributed by atoms with Gasteiger partial charge in [0.2, 0.25) is 0 Å². The first-order valence-corrected chi connectivity index (χ1v) is 8.43. The van der Waals surface area contributed by atoms with Crippen LogP contribution in [0.1, 0.15) is 29.1 Å². The second-order valence-electron chi connectivity index (χ2n) is 5.91. The lowest BCUT2D eigenvalue weighted by atomic mass is 10.1. The van der Waals surface area contributed by atoms with Crippen molar-refractivity contribution in [1.82, 2.24) is 24.6 Å². The zero-order valence-electron chi connectivity index (χ0n) is 13.6. The second kappa shape index (κ2) is 6.29. The number of carbonyl (C=O) groups is 1. The summed E-state index contributed by atoms with van der Waals surface area (Å²) in [6.07, 6.45) is 3.06. The summed E-state index contributed by atoms with van der Waals surface area (Å²) in [6.45, 7) is 3.12. The highest BCUT2D eigenvalue weighted by molar-refractivity contribution is 6.33. The van der Waals surface area contributed by atoms with Crippen LogP contribution in [-0.2, 0) is 6.54 Å². The first-order chi connectivity index (χ1) is 12.1. The molecule has 1 atom stereocenters. The first-order valence-electron chi connectivity index (χ1n) is 8.06. The van der Waals surface area contributed by atoms with Crippen LogP contribution in [0.4, 0.5) is 0 Å². The zero-order chi connectivity index (χ0) is 17.4. The van der Waals surface area contributed by atoms with E-state index >= 15 is 0 Å². The van der Waals surface area contributed by atoms with E-state index in [-0.39, 0.29) is 11.9 Å². The minimum atomic E-state index is -0.185. The largest absolute Gasteiger partial charge is 0.327 e. The number of rotatable bonds is 2. The second-order valence-corrected chi connectivity index (χ2v) is 6.32. The Morgan fingerprint density at radius 1 is 1.20 bits per heavy atom. The molecule has 2 aromatic heterocycles. The lowest BCUT2D eigenvalue weighted by molar-refractivity contribution is 0.0631. The van der Waals surface area contributed by atoms with Gasteiger partial charge in [-0.15, -0.1) is 0 Å². The molecule has 0 aliphatic carbocycles. The van der Waals surface area contributed by atoms with Gasteiger partial charge >= 0.3 is 0 Å². The minimum Gasteiger partial charge on any atom is -0.327 e. The van der Waals surface area contributed by atoms with Gasteiger partial charge in [-0.2, -0.15) is 5.10 Å². The van der Waals surface area contributed by atoms with Crippen molar-refractivity contribution in [3.63, 3.8) is 0 Å². The van der Waals surface area contributed by atoms with E-state index in [1.165, 1.54) is 6.20 Å². The summed E-state index contributed by atoms with van der Waals surface area (Å²) >= 11 is 6.13. The normalized spacial score (nSPS) is 16.6. The molecule has 0 bridgehead atoms. The number of fused-ring (bicyclic) bond motifs is 1. The van der Waals surface area contributed by atoms with Crippen molar-refractivity contribution in [3.8, 4) is 11.4 Å². The maximum Gasteiger partial charge on any atom is 0.256 e. The maximum atomic E-state index is 12.9. The van der Waals surface area contributed by atoms with Crippen molar-refractivity contribution in [2.45, 2.75) is 19.5 Å². The number of benzene rings is 1. The van der Waals surface area contributed by atoms with Crippen LogP contribution in [0.3, 0.4) is 0 Å². The number of pyridine rings is 1. The van der Waals surface area contributed by atoms with E-state index in [1.54, 1.807) is 17.2 Å². The fourth-order valence-electron chi connectivity index (χ4n) is 3.05. The molecule has 0 N–H and O–H groups in total. The fraction of sp³-hybridized carbons (Fsp3) is 0.222. The molecule has 0 fully saturated rings. The van der Waals surface area contributed by atoms with E-state index in [4.69, 9.17) is 11.6 Å². The van der Waals surface area contributed by atoms with E-state index in [0.29, 0.717) is 29.5 Å². The Labute approximate surface area is 150 Å². The Morgan fingerprint density at radius 2 is 2.00 bits per heavy atom. The standard InChI is InChI=1S/C18H16ClN5O/c1-12-17-21-16(13-5-3-2-4-6-13)22-24(17)10-9-23(12)18(25)14-7-8-20-11-15(14)19/h2-8,11-12H,9-10H2,1H3/t12-/m0/s1. The monoisotopic (exact) mass is 353 g/mol. The first kappa shape index (κ1) is 15.8. The van der Waals surface area contributed by atoms with Gasteiger partial charge in [0.1, 0.15) is 5.82 Å². The number of hydrogen-bond donors (Lipinski definition) is 0. The van der Waals surface area contributed by atoms with Crippen molar-refractivity contribution >= 4 is 17.5 Å². The molecule has 3 aromatic rings. The number of hydrogen-bond acceptors (Lipinski definition) is 4. The summed E-state index contributed by atoms with van der Waals surface area (Å²) in [5, 5.41) is 4.95. The van der Waals surface area contributed by atoms with Crippen LogP contribution < -0.4 is 0 Å². The summed E-state index contributed by atoms with van der Waals surface area (Å²) in [7, 11) is 0. The molecule has 1 aliphatic rings. The molecule has 1 amide bonds. The van der Waals surface area contributed by atoms with Crippen LogP contribution in [0.15, 0.2) is 48.8 Å². The highest BCUT2D eigenvalue weighted by Gasteiger charge is 2.32. The summed E-state index contributed by atoms with van der Waals surface area (Å²) in [4.78, 5) is 23.3. The Balaban J connectivity index is 1.65. The van der Waals surface area contributed by atoms with Crippen LogP contribution in [0.25, 0.3) is 11.4 Å². The molecule has 0 spiro atoms. The quantitative estimate of drug-likeness (QED) is 0.709. The molecule has 0 saturated heterocycles. The summed E-state index contributed by atoms with van der Waals surface area (Å²) in [5.41, 5.74) is 1.42. The molecule has 3 heterocycles. The Hall–Kier alpha value is -2.73. The molecular formula is C18H16ClN5O. The van der Waals surface area contributed by atoms with Gasteiger partial charge in [0.05, 0.1) is 23.2 Å². The molecule has 1 aromatic carbocycles. The lowest BCUT2D eigenvalue weighted by Gasteiger charge is -2.33. The third kappa shape index (κ3) is 2.78. The Morgan fingerprint density at radius 3 is 2.76 bits per heavy atom. The van der Waals surface area contributed by atoms with E-state index in [0.717, 1.165) is 11.4 Å². The van der Waals surface area contributed by atoms with Gasteiger partial charge in [0, 0.05) is 24.5 Å². The third-order valence-electron chi connectivity index (χ3n) is 4.39. The van der Waals surface area contributed by atoms with Gasteiger partial charge in [-0.3, -0.25) is 9.78 Å². The van der Waals surface area contributed by atoms with Crippen LogP contribution >= 0.6 is 11.6 Å². The molecule has 0 saturated carbocycles. The molecule has 0 radical (unpaired) electrons. The van der Waals surface area contributed by atoms with Crippen LogP contribution in [0.5, 0.6) is 0 Å². The van der Waals surface area contributed by atoms with Gasteiger partial charge in [-0.1, -0.05) is 41.9 Å². The number of halogens is 1. The Kier molecular flexibility index (Phi) is 3.97. The zero-order valence-corrected chi connectivity index (χ0v) is 14.4. The minimum absolute atomic E-state index is 0.115. The summed E-state index contributed by atoms with van der Waals surface area (Å²) in [6, 6.07) is 11.3. The predicted molar refractivity (Wildman–Crippen MR) is 94.2 cm³/mol. The van der Waals surface area contributed by atoms with E-state index in [2.05, 4.69) is 15.1 Å². The molecule has 25 heavy (non-hydrogen) atoms. The van der Waals surface area contributed by atoms with Crippen LogP contribution in [-0.4, -0.2) is 37.1 Å². The lowest BCUT2D eigenvalue weighted by Crippen LogP contribution is -2.41. The SMILES string of the molecule is C[C@H]1c2nc(-c3ccccc3)nn2CCN1C(=O)c1ccncc1Cl. The van der Waals surface area contributed by atoms with E-state index in [9.17, 15) is 4.79 Å². The number of nitrogens with zero attached hydrogens (tertiary/aromatic N) is 5. The van der Waals surface area contributed by atoms with Crippen molar-refractivity contribution in [2.75, 3.05) is 6.54 Å². The van der Waals surface area contributed by atoms with Crippen molar-refractivity contribution in [1.29, 1.82) is 0 Å². The van der Waals surface area contributed by atoms with Gasteiger partial charge in [-0.25, -0.2) is 9.67 Å². The average molecular weight is 354 g/mol. The van der Waals surface area contributed by atoms with E-state index in [1.807, 2.05) is 41.9 Å². The van der Waals surface area contributed by atoms with E-state index < -0.39 is 0 Å². The molecular weight excluding hydrogens is 338 g/mol. The number of carbonyl (C=O) groups excluding carboxylic acids is 1. The summed E-state index contributed by atoms with van der Waals surface area (Å²) in [5.74, 6) is 1.35. The predicted octanol–water partition coefficient (Wildman–Crippen LogP) is 3.21. The molecule has 7 heteroatoms. The highest BCUT2D eigenvalue weighted by atomic mass is 35.5. The fourth-order valence-corrected chi connectivity index (χ4v) is 3.25. The van der Waals surface area contributed by atoms with Gasteiger partial charge in [0.15, 0.2) is 5.82 Å². The molecule has 1 aliphatic heterocycles. The smallest absolute Gasteiger partial charge is 0.256 e. The average Bonchev–Trinajstić information content (AvgIpc) is 3.08. The van der Waals surface area contributed by atoms with Gasteiger partial charge < -0.3 is 4.90 Å². The topological polar surface area (TPSA) is 63.9 Å². The highest BCUT2D eigenvalue weighted by Crippen LogP contribution is 2.28. The number of amides is 1. The maximum absolute atomic E-state index is 12.9.